The first-order valence-electron chi connectivity index (χ1n) is 17.1. The lowest BCUT2D eigenvalue weighted by Crippen LogP contribution is -2.48. The summed E-state index contributed by atoms with van der Waals surface area (Å²) in [5.41, 5.74) is 5.92. The molecule has 5 aliphatic rings. The fraction of sp³-hybridized carbons (Fsp3) is 0.405. The largest absolute Gasteiger partial charge is 0.476 e. The maximum absolute atomic E-state index is 13.5. The molecule has 5 heterocycles. The molecule has 0 spiro atoms. The number of hydrogen-bond acceptors (Lipinski definition) is 7. The van der Waals surface area contributed by atoms with Crippen molar-refractivity contribution in [2.75, 3.05) is 16.8 Å². The molecule has 4 fully saturated rings. The first-order valence-corrected chi connectivity index (χ1v) is 17.1. The quantitative estimate of drug-likeness (QED) is 0.220. The molecule has 48 heavy (non-hydrogen) atoms. The summed E-state index contributed by atoms with van der Waals surface area (Å²) in [6.45, 7) is 4.05. The van der Waals surface area contributed by atoms with E-state index in [0.717, 1.165) is 46.7 Å². The van der Waals surface area contributed by atoms with Crippen LogP contribution in [-0.2, 0) is 19.5 Å². The van der Waals surface area contributed by atoms with Crippen molar-refractivity contribution in [1.29, 1.82) is 0 Å². The second-order valence-electron chi connectivity index (χ2n) is 14.6. The van der Waals surface area contributed by atoms with Crippen LogP contribution in [0.4, 0.5) is 11.6 Å². The van der Waals surface area contributed by atoms with Gasteiger partial charge in [0.1, 0.15) is 5.82 Å². The lowest BCUT2D eigenvalue weighted by atomic mass is 9.49. The van der Waals surface area contributed by atoms with Gasteiger partial charge < -0.3 is 15.3 Å². The summed E-state index contributed by atoms with van der Waals surface area (Å²) in [7, 11) is 0. The van der Waals surface area contributed by atoms with Gasteiger partial charge in [0.25, 0.3) is 5.91 Å². The molecule has 0 atom stereocenters. The van der Waals surface area contributed by atoms with Crippen LogP contribution in [0.25, 0.3) is 16.8 Å². The Labute approximate surface area is 278 Å². The second kappa shape index (κ2) is 11.0. The fourth-order valence-electron chi connectivity index (χ4n) is 9.74. The van der Waals surface area contributed by atoms with Crippen LogP contribution in [0.1, 0.15) is 76.2 Å². The van der Waals surface area contributed by atoms with Gasteiger partial charge in [0.05, 0.1) is 12.4 Å². The molecule has 4 saturated carbocycles. The van der Waals surface area contributed by atoms with E-state index in [4.69, 9.17) is 10.1 Å². The van der Waals surface area contributed by atoms with E-state index in [1.165, 1.54) is 38.5 Å². The average Bonchev–Trinajstić information content (AvgIpc) is 3.65. The van der Waals surface area contributed by atoms with Crippen molar-refractivity contribution in [3.8, 4) is 11.1 Å². The Balaban J connectivity index is 0.970. The Morgan fingerprint density at radius 1 is 0.958 bits per heavy atom. The lowest BCUT2D eigenvalue weighted by Gasteiger charge is -2.56. The van der Waals surface area contributed by atoms with Crippen LogP contribution >= 0.6 is 0 Å². The summed E-state index contributed by atoms with van der Waals surface area (Å²) in [4.78, 5) is 37.4. The number of aromatic carboxylic acids is 1. The van der Waals surface area contributed by atoms with Gasteiger partial charge in [-0.05, 0) is 116 Å². The monoisotopic (exact) mass is 642 g/mol. The third-order valence-corrected chi connectivity index (χ3v) is 11.4. The topological polar surface area (TPSA) is 131 Å². The Morgan fingerprint density at radius 2 is 1.75 bits per heavy atom. The summed E-state index contributed by atoms with van der Waals surface area (Å²) in [5, 5.41) is 22.3. The van der Waals surface area contributed by atoms with E-state index >= 15 is 0 Å². The first kappa shape index (κ1) is 29.1. The van der Waals surface area contributed by atoms with E-state index in [1.54, 1.807) is 23.0 Å². The van der Waals surface area contributed by atoms with Crippen LogP contribution in [-0.4, -0.2) is 52.9 Å². The number of amides is 1. The highest BCUT2D eigenvalue weighted by Crippen LogP contribution is 2.60. The molecule has 1 amide bonds. The van der Waals surface area contributed by atoms with Gasteiger partial charge in [-0.3, -0.25) is 9.48 Å². The molecule has 5 aromatic rings. The Kier molecular flexibility index (Phi) is 6.67. The van der Waals surface area contributed by atoms with Gasteiger partial charge in [0.15, 0.2) is 17.2 Å². The Bertz CT molecular complexity index is 2030. The van der Waals surface area contributed by atoms with Crippen LogP contribution in [0.15, 0.2) is 61.1 Å². The van der Waals surface area contributed by atoms with Crippen molar-refractivity contribution < 1.29 is 14.7 Å². The molecule has 2 N–H and O–H groups in total. The van der Waals surface area contributed by atoms with Gasteiger partial charge in [-0.1, -0.05) is 12.1 Å². The maximum Gasteiger partial charge on any atom is 0.355 e. The molecule has 244 valence electrons. The van der Waals surface area contributed by atoms with Crippen molar-refractivity contribution in [2.45, 2.75) is 65.0 Å². The number of imidazole rings is 1. The van der Waals surface area contributed by atoms with E-state index in [-0.39, 0.29) is 11.6 Å². The molecular weight excluding hydrogens is 604 g/mol. The van der Waals surface area contributed by atoms with Crippen LogP contribution in [0.5, 0.6) is 0 Å². The zero-order valence-electron chi connectivity index (χ0n) is 27.0. The number of carboxylic acid groups (broad SMARTS) is 1. The highest BCUT2D eigenvalue weighted by Gasteiger charge is 2.51. The summed E-state index contributed by atoms with van der Waals surface area (Å²) in [6, 6.07) is 13.1. The van der Waals surface area contributed by atoms with Crippen LogP contribution in [0.2, 0.25) is 0 Å². The predicted molar refractivity (Wildman–Crippen MR) is 180 cm³/mol. The molecule has 11 nitrogen and oxygen atoms in total. The van der Waals surface area contributed by atoms with Gasteiger partial charge in [-0.15, -0.1) is 0 Å². The highest BCUT2D eigenvalue weighted by atomic mass is 16.4. The molecule has 4 bridgehead atoms. The third-order valence-electron chi connectivity index (χ3n) is 11.4. The maximum atomic E-state index is 13.5. The summed E-state index contributed by atoms with van der Waals surface area (Å²) < 4.78 is 3.74. The number of pyridine rings is 1. The number of carboxylic acids is 1. The van der Waals surface area contributed by atoms with Crippen molar-refractivity contribution in [2.24, 2.45) is 23.2 Å². The molecular formula is C37H38N8O3. The standard InChI is InChI=1S/C37H38N8O3/c1-22-29(18-39-45(22)21-37-15-23-12-24(16-37)14-25(13-23)17-37)27-7-8-32(42-34(27)36(47)48)43-11-9-26-4-2-5-28(30(26)19-43)35(46)41-31-20-44-33(40-31)6-3-10-38-44/h2-8,10,18,20,23-25H,9,11-17,19,21H2,1H3,(H,41,46)(H,47,48). The number of carbonyl (C=O) groups excluding carboxylic acids is 1. The molecule has 0 unspecified atom stereocenters. The fourth-order valence-corrected chi connectivity index (χ4v) is 9.74. The molecule has 1 aromatic carbocycles. The highest BCUT2D eigenvalue weighted by molar-refractivity contribution is 6.05. The van der Waals surface area contributed by atoms with Gasteiger partial charge in [0.2, 0.25) is 0 Å². The Hall–Kier alpha value is -5.06. The number of fused-ring (bicyclic) bond motifs is 2. The molecule has 0 saturated heterocycles. The van der Waals surface area contributed by atoms with Gasteiger partial charge in [-0.25, -0.2) is 19.3 Å². The molecule has 10 rings (SSSR count). The zero-order chi connectivity index (χ0) is 32.6. The number of aromatic nitrogens is 6. The number of carbonyl (C=O) groups is 2. The minimum atomic E-state index is -1.07. The van der Waals surface area contributed by atoms with Crippen molar-refractivity contribution in [3.05, 3.63) is 89.1 Å². The lowest BCUT2D eigenvalue weighted by molar-refractivity contribution is -0.0638. The normalized spacial score (nSPS) is 24.2. The number of nitrogens with one attached hydrogen (secondary N) is 1. The van der Waals surface area contributed by atoms with E-state index in [0.29, 0.717) is 53.3 Å². The molecule has 1 aliphatic heterocycles. The second-order valence-corrected chi connectivity index (χ2v) is 14.6. The van der Waals surface area contributed by atoms with Gasteiger partial charge >= 0.3 is 5.97 Å². The van der Waals surface area contributed by atoms with Crippen molar-refractivity contribution in [3.63, 3.8) is 0 Å². The van der Waals surface area contributed by atoms with E-state index in [2.05, 4.69) is 27.0 Å². The average molecular weight is 643 g/mol. The number of anilines is 2. The van der Waals surface area contributed by atoms with Crippen LogP contribution in [0.3, 0.4) is 0 Å². The smallest absolute Gasteiger partial charge is 0.355 e. The number of benzene rings is 1. The van der Waals surface area contributed by atoms with Gasteiger partial charge in [0, 0.05) is 48.2 Å². The Morgan fingerprint density at radius 3 is 2.50 bits per heavy atom. The minimum absolute atomic E-state index is 0.0160. The SMILES string of the molecule is Cc1c(-c2ccc(N3CCc4cccc(C(=O)Nc5cn6ncccc6n5)c4C3)nc2C(=O)O)cnn1CC12CC3CC(CC(C3)C1)C2. The number of nitrogens with zero attached hydrogens (tertiary/aromatic N) is 7. The molecule has 4 aliphatic carbocycles. The van der Waals surface area contributed by atoms with Gasteiger partial charge in [-0.2, -0.15) is 10.2 Å². The van der Waals surface area contributed by atoms with E-state index < -0.39 is 5.97 Å². The zero-order valence-corrected chi connectivity index (χ0v) is 27.0. The number of hydrogen-bond donors (Lipinski definition) is 2. The van der Waals surface area contributed by atoms with Crippen LogP contribution < -0.4 is 10.2 Å². The predicted octanol–water partition coefficient (Wildman–Crippen LogP) is 6.03. The number of rotatable bonds is 7. The van der Waals surface area contributed by atoms with Crippen molar-refractivity contribution >= 4 is 29.2 Å². The first-order chi connectivity index (χ1) is 23.3. The molecule has 4 aromatic heterocycles. The van der Waals surface area contributed by atoms with Crippen molar-refractivity contribution in [1.82, 2.24) is 29.4 Å². The summed E-state index contributed by atoms with van der Waals surface area (Å²) in [5.74, 6) is 2.26. The van der Waals surface area contributed by atoms with Crippen LogP contribution in [0, 0.1) is 30.1 Å². The molecule has 0 radical (unpaired) electrons. The minimum Gasteiger partial charge on any atom is -0.476 e. The summed E-state index contributed by atoms with van der Waals surface area (Å²) >= 11 is 0. The molecule has 11 heteroatoms. The summed E-state index contributed by atoms with van der Waals surface area (Å²) in [6.07, 6.45) is 14.0. The van der Waals surface area contributed by atoms with E-state index in [9.17, 15) is 14.7 Å². The third kappa shape index (κ3) is 4.94. The van der Waals surface area contributed by atoms with E-state index in [1.807, 2.05) is 47.5 Å².